The zero-order valence-electron chi connectivity index (χ0n) is 17.9. The van der Waals surface area contributed by atoms with Gasteiger partial charge in [-0.2, -0.15) is 0 Å². The molecule has 166 valence electrons. The lowest BCUT2D eigenvalue weighted by molar-refractivity contribution is -0.116. The van der Waals surface area contributed by atoms with Gasteiger partial charge in [0, 0.05) is 38.3 Å². The Bertz CT molecular complexity index is 1100. The number of carbonyl (C=O) groups excluding carboxylic acids is 1. The van der Waals surface area contributed by atoms with E-state index in [1.165, 1.54) is 13.0 Å². The summed E-state index contributed by atoms with van der Waals surface area (Å²) in [6.07, 6.45) is 3.03. The third-order valence-electron chi connectivity index (χ3n) is 6.05. The summed E-state index contributed by atoms with van der Waals surface area (Å²) in [6, 6.07) is 9.64. The van der Waals surface area contributed by atoms with Gasteiger partial charge >= 0.3 is 0 Å². The number of fused-ring (bicyclic) bond motifs is 1. The SMILES string of the molecule is CC(=O)N1CCCc2cc(S(=O)(=O)NC3CCCN(c4cc(C)ccc4F)C3)ccc21. The average Bonchev–Trinajstić information content (AvgIpc) is 2.74. The maximum atomic E-state index is 14.3. The van der Waals surface area contributed by atoms with Gasteiger partial charge in [-0.1, -0.05) is 6.07 Å². The highest BCUT2D eigenvalue weighted by Gasteiger charge is 2.28. The van der Waals surface area contributed by atoms with Gasteiger partial charge in [-0.25, -0.2) is 17.5 Å². The number of piperidine rings is 1. The highest BCUT2D eigenvalue weighted by molar-refractivity contribution is 7.89. The second-order valence-electron chi connectivity index (χ2n) is 8.43. The van der Waals surface area contributed by atoms with Crippen LogP contribution in [0.5, 0.6) is 0 Å². The Morgan fingerprint density at radius 1 is 1.10 bits per heavy atom. The van der Waals surface area contributed by atoms with Crippen molar-refractivity contribution >= 4 is 27.3 Å². The van der Waals surface area contributed by atoms with Gasteiger partial charge in [0.05, 0.1) is 10.6 Å². The largest absolute Gasteiger partial charge is 0.368 e. The Morgan fingerprint density at radius 3 is 2.68 bits per heavy atom. The lowest BCUT2D eigenvalue weighted by Crippen LogP contribution is -2.48. The van der Waals surface area contributed by atoms with E-state index in [0.29, 0.717) is 31.7 Å². The number of carbonyl (C=O) groups is 1. The van der Waals surface area contributed by atoms with Crippen LogP contribution in [0.3, 0.4) is 0 Å². The molecular formula is C23H28FN3O3S. The summed E-state index contributed by atoms with van der Waals surface area (Å²) in [7, 11) is -3.73. The number of halogens is 1. The van der Waals surface area contributed by atoms with Gasteiger partial charge < -0.3 is 9.80 Å². The van der Waals surface area contributed by atoms with Crippen molar-refractivity contribution in [3.05, 3.63) is 53.3 Å². The van der Waals surface area contributed by atoms with E-state index in [9.17, 15) is 17.6 Å². The molecule has 2 aliphatic heterocycles. The Labute approximate surface area is 183 Å². The minimum absolute atomic E-state index is 0.0413. The standard InChI is InChI=1S/C23H28FN3O3S/c1-16-7-9-21(24)23(13-16)26-11-4-6-19(15-26)25-31(29,30)20-8-10-22-18(14-20)5-3-12-27(22)17(2)28/h7-10,13-14,19,25H,3-6,11-12,15H2,1-2H3. The van der Waals surface area contributed by atoms with Crippen LogP contribution in [-0.2, 0) is 21.2 Å². The van der Waals surface area contributed by atoms with Crippen LogP contribution in [0.15, 0.2) is 41.3 Å². The molecule has 2 aromatic carbocycles. The molecule has 1 N–H and O–H groups in total. The van der Waals surface area contributed by atoms with Gasteiger partial charge in [0.25, 0.3) is 0 Å². The molecule has 0 spiro atoms. The smallest absolute Gasteiger partial charge is 0.240 e. The van der Waals surface area contributed by atoms with Crippen LogP contribution in [0.25, 0.3) is 0 Å². The van der Waals surface area contributed by atoms with Crippen molar-refractivity contribution in [1.29, 1.82) is 0 Å². The van der Waals surface area contributed by atoms with E-state index < -0.39 is 10.0 Å². The van der Waals surface area contributed by atoms with E-state index in [2.05, 4.69) is 4.72 Å². The molecule has 1 unspecified atom stereocenters. The number of sulfonamides is 1. The van der Waals surface area contributed by atoms with Crippen LogP contribution in [0.2, 0.25) is 0 Å². The van der Waals surface area contributed by atoms with Crippen LogP contribution in [0, 0.1) is 12.7 Å². The second-order valence-corrected chi connectivity index (χ2v) is 10.1. The summed E-state index contributed by atoms with van der Waals surface area (Å²) in [4.78, 5) is 15.7. The summed E-state index contributed by atoms with van der Waals surface area (Å²) in [6.45, 7) is 5.20. The molecule has 0 saturated carbocycles. The van der Waals surface area contributed by atoms with Crippen LogP contribution >= 0.6 is 0 Å². The summed E-state index contributed by atoms with van der Waals surface area (Å²) in [5.41, 5.74) is 3.14. The molecule has 0 radical (unpaired) electrons. The van der Waals surface area contributed by atoms with Gasteiger partial charge in [0.1, 0.15) is 5.82 Å². The minimum atomic E-state index is -3.73. The Kier molecular flexibility index (Phi) is 6.03. The van der Waals surface area contributed by atoms with Gasteiger partial charge in [-0.15, -0.1) is 0 Å². The van der Waals surface area contributed by atoms with Crippen LogP contribution in [0.1, 0.15) is 37.3 Å². The Morgan fingerprint density at radius 2 is 1.90 bits per heavy atom. The number of amides is 1. The van der Waals surface area contributed by atoms with Crippen molar-refractivity contribution < 1.29 is 17.6 Å². The Hall–Kier alpha value is -2.45. The van der Waals surface area contributed by atoms with E-state index in [1.54, 1.807) is 35.2 Å². The highest BCUT2D eigenvalue weighted by atomic mass is 32.2. The molecule has 1 fully saturated rings. The Balaban J connectivity index is 1.52. The maximum absolute atomic E-state index is 14.3. The summed E-state index contributed by atoms with van der Waals surface area (Å²) in [5.74, 6) is -0.334. The van der Waals surface area contributed by atoms with Crippen molar-refractivity contribution in [2.45, 2.75) is 50.5 Å². The molecule has 2 aromatic rings. The third kappa shape index (κ3) is 4.60. The fourth-order valence-electron chi connectivity index (χ4n) is 4.51. The molecule has 0 aliphatic carbocycles. The highest BCUT2D eigenvalue weighted by Crippen LogP contribution is 2.30. The van der Waals surface area contributed by atoms with E-state index in [4.69, 9.17) is 0 Å². The zero-order chi connectivity index (χ0) is 22.2. The van der Waals surface area contributed by atoms with Gasteiger partial charge in [-0.3, -0.25) is 4.79 Å². The predicted octanol–water partition coefficient (Wildman–Crippen LogP) is 3.38. The number of rotatable bonds is 4. The van der Waals surface area contributed by atoms with E-state index in [-0.39, 0.29) is 22.7 Å². The van der Waals surface area contributed by atoms with E-state index in [1.807, 2.05) is 11.8 Å². The lowest BCUT2D eigenvalue weighted by Gasteiger charge is -2.35. The van der Waals surface area contributed by atoms with Crippen molar-refractivity contribution in [2.75, 3.05) is 29.4 Å². The maximum Gasteiger partial charge on any atom is 0.240 e. The van der Waals surface area contributed by atoms with Crippen molar-refractivity contribution in [1.82, 2.24) is 4.72 Å². The number of nitrogens with zero attached hydrogens (tertiary/aromatic N) is 2. The first kappa shape index (κ1) is 21.8. The van der Waals surface area contributed by atoms with Crippen molar-refractivity contribution in [2.24, 2.45) is 0 Å². The molecule has 1 atom stereocenters. The molecule has 1 amide bonds. The first-order valence-electron chi connectivity index (χ1n) is 10.7. The number of anilines is 2. The van der Waals surface area contributed by atoms with E-state index >= 15 is 0 Å². The summed E-state index contributed by atoms with van der Waals surface area (Å²) in [5, 5.41) is 0. The molecule has 8 heteroatoms. The molecular weight excluding hydrogens is 417 g/mol. The topological polar surface area (TPSA) is 69.7 Å². The number of aryl methyl sites for hydroxylation is 2. The molecule has 0 aromatic heterocycles. The quantitative estimate of drug-likeness (QED) is 0.783. The monoisotopic (exact) mass is 445 g/mol. The number of nitrogens with one attached hydrogen (secondary N) is 1. The van der Waals surface area contributed by atoms with Gasteiger partial charge in [0.2, 0.25) is 15.9 Å². The van der Waals surface area contributed by atoms with Crippen LogP contribution in [0.4, 0.5) is 15.8 Å². The fourth-order valence-corrected chi connectivity index (χ4v) is 5.82. The lowest BCUT2D eigenvalue weighted by atomic mass is 10.0. The molecule has 31 heavy (non-hydrogen) atoms. The van der Waals surface area contributed by atoms with Gasteiger partial charge in [0.15, 0.2) is 0 Å². The molecule has 4 rings (SSSR count). The number of hydrogen-bond acceptors (Lipinski definition) is 4. The summed E-state index contributed by atoms with van der Waals surface area (Å²) >= 11 is 0. The third-order valence-corrected chi connectivity index (χ3v) is 7.56. The van der Waals surface area contributed by atoms with Crippen molar-refractivity contribution in [3.63, 3.8) is 0 Å². The molecule has 2 aliphatic rings. The normalized spacial score (nSPS) is 19.3. The fraction of sp³-hybridized carbons (Fsp3) is 0.435. The minimum Gasteiger partial charge on any atom is -0.368 e. The number of benzene rings is 2. The molecule has 1 saturated heterocycles. The second kappa shape index (κ2) is 8.59. The average molecular weight is 446 g/mol. The van der Waals surface area contributed by atoms with E-state index in [0.717, 1.165) is 36.1 Å². The van der Waals surface area contributed by atoms with Crippen molar-refractivity contribution in [3.8, 4) is 0 Å². The first-order chi connectivity index (χ1) is 14.7. The zero-order valence-corrected chi connectivity index (χ0v) is 18.7. The predicted molar refractivity (Wildman–Crippen MR) is 119 cm³/mol. The van der Waals surface area contributed by atoms with Crippen LogP contribution < -0.4 is 14.5 Å². The molecule has 2 heterocycles. The number of hydrogen-bond donors (Lipinski definition) is 1. The molecule has 6 nitrogen and oxygen atoms in total. The summed E-state index contributed by atoms with van der Waals surface area (Å²) < 4.78 is 43.3. The molecule has 0 bridgehead atoms. The van der Waals surface area contributed by atoms with Crippen LogP contribution in [-0.4, -0.2) is 40.0 Å². The first-order valence-corrected chi connectivity index (χ1v) is 12.2. The van der Waals surface area contributed by atoms with Gasteiger partial charge in [-0.05, 0) is 74.1 Å².